The fraction of sp³-hybridized carbons (Fsp3) is 0.400. The zero-order chi connectivity index (χ0) is 16.4. The molecule has 5 nitrogen and oxygen atoms in total. The summed E-state index contributed by atoms with van der Waals surface area (Å²) < 4.78 is 38.0. The molecule has 2 aromatic rings. The minimum absolute atomic E-state index is 0.145. The van der Waals surface area contributed by atoms with Crippen LogP contribution in [0.1, 0.15) is 35.8 Å². The number of piperidine rings is 1. The molecule has 1 N–H and O–H groups in total. The lowest BCUT2D eigenvalue weighted by molar-refractivity contribution is -0.141. The molecule has 3 heterocycles. The van der Waals surface area contributed by atoms with Gasteiger partial charge in [0, 0.05) is 25.2 Å². The molecule has 0 spiro atoms. The lowest BCUT2D eigenvalue weighted by Crippen LogP contribution is -2.35. The molecule has 0 amide bonds. The molecular formula is C15H14F3N5. The van der Waals surface area contributed by atoms with Gasteiger partial charge in [0.1, 0.15) is 23.4 Å². The van der Waals surface area contributed by atoms with E-state index in [4.69, 9.17) is 5.26 Å². The third-order valence-corrected chi connectivity index (χ3v) is 3.92. The predicted molar refractivity (Wildman–Crippen MR) is 76.7 cm³/mol. The lowest BCUT2D eigenvalue weighted by atomic mass is 9.97. The maximum Gasteiger partial charge on any atom is 0.432 e. The predicted octanol–water partition coefficient (Wildman–Crippen LogP) is 3.08. The Morgan fingerprint density at radius 2 is 2.17 bits per heavy atom. The van der Waals surface area contributed by atoms with E-state index in [-0.39, 0.29) is 5.92 Å². The Hall–Kier alpha value is -2.56. The van der Waals surface area contributed by atoms with E-state index in [1.807, 2.05) is 4.90 Å². The molecule has 0 saturated carbocycles. The van der Waals surface area contributed by atoms with Gasteiger partial charge in [-0.25, -0.2) is 9.97 Å². The number of anilines is 1. The molecule has 1 aliphatic heterocycles. The molecule has 2 aromatic heterocycles. The van der Waals surface area contributed by atoms with Crippen molar-refractivity contribution in [3.05, 3.63) is 41.6 Å². The first kappa shape index (κ1) is 15.3. The molecule has 3 rings (SSSR count). The van der Waals surface area contributed by atoms with Gasteiger partial charge in [-0.3, -0.25) is 0 Å². The minimum Gasteiger partial charge on any atom is -0.355 e. The molecule has 120 valence electrons. The van der Waals surface area contributed by atoms with Crippen LogP contribution >= 0.6 is 0 Å². The number of nitrogens with zero attached hydrogens (tertiary/aromatic N) is 4. The highest BCUT2D eigenvalue weighted by Gasteiger charge is 2.34. The summed E-state index contributed by atoms with van der Waals surface area (Å²) in [5.74, 6) is 0.757. The molecule has 0 unspecified atom stereocenters. The molecule has 8 heteroatoms. The van der Waals surface area contributed by atoms with Crippen molar-refractivity contribution in [3.8, 4) is 6.07 Å². The maximum absolute atomic E-state index is 12.7. The van der Waals surface area contributed by atoms with Crippen LogP contribution in [0.15, 0.2) is 24.5 Å². The van der Waals surface area contributed by atoms with E-state index in [2.05, 4.69) is 21.0 Å². The summed E-state index contributed by atoms with van der Waals surface area (Å²) in [6.45, 7) is 1.20. The van der Waals surface area contributed by atoms with Crippen LogP contribution in [0, 0.1) is 11.3 Å². The largest absolute Gasteiger partial charge is 0.432 e. The number of nitrogens with one attached hydrogen (secondary N) is 1. The molecule has 1 fully saturated rings. The van der Waals surface area contributed by atoms with Gasteiger partial charge in [-0.15, -0.1) is 0 Å². The Kier molecular flexibility index (Phi) is 3.94. The van der Waals surface area contributed by atoms with Crippen molar-refractivity contribution >= 4 is 5.82 Å². The highest BCUT2D eigenvalue weighted by molar-refractivity contribution is 5.53. The molecular weight excluding hydrogens is 307 g/mol. The Balaban J connectivity index is 1.81. The van der Waals surface area contributed by atoms with Crippen LogP contribution in [0.4, 0.5) is 19.0 Å². The summed E-state index contributed by atoms with van der Waals surface area (Å²) in [5, 5.41) is 9.16. The van der Waals surface area contributed by atoms with E-state index in [9.17, 15) is 13.2 Å². The molecule has 0 radical (unpaired) electrons. The van der Waals surface area contributed by atoms with Crippen molar-refractivity contribution in [1.29, 1.82) is 5.26 Å². The van der Waals surface area contributed by atoms with Gasteiger partial charge < -0.3 is 9.88 Å². The van der Waals surface area contributed by atoms with Gasteiger partial charge in [0.2, 0.25) is 0 Å². The molecule has 0 aliphatic carbocycles. The first-order valence-corrected chi connectivity index (χ1v) is 7.21. The van der Waals surface area contributed by atoms with Crippen LogP contribution in [-0.2, 0) is 6.18 Å². The number of halogens is 3. The van der Waals surface area contributed by atoms with Gasteiger partial charge in [0.05, 0.1) is 11.8 Å². The fourth-order valence-electron chi connectivity index (χ4n) is 2.82. The Bertz CT molecular complexity index is 731. The smallest absolute Gasteiger partial charge is 0.355 e. The van der Waals surface area contributed by atoms with Gasteiger partial charge in [0.25, 0.3) is 0 Å². The standard InChI is InChI=1S/C15H14F3N5/c16-15(17,18)12-8-21-13(22-12)11-4-2-6-23(9-11)14-10(7-19)3-1-5-20-14/h1,3,5,8,11H,2,4,6,9H2,(H,21,22)/t11-/m1/s1. The number of pyridine rings is 1. The summed E-state index contributed by atoms with van der Waals surface area (Å²) in [6.07, 6.45) is -0.442. The van der Waals surface area contributed by atoms with Crippen LogP contribution in [0.3, 0.4) is 0 Å². The second kappa shape index (κ2) is 5.91. The average molecular weight is 321 g/mol. The van der Waals surface area contributed by atoms with Crippen molar-refractivity contribution in [2.45, 2.75) is 24.9 Å². The van der Waals surface area contributed by atoms with Gasteiger partial charge >= 0.3 is 6.18 Å². The van der Waals surface area contributed by atoms with Crippen molar-refractivity contribution < 1.29 is 13.2 Å². The maximum atomic E-state index is 12.7. The molecule has 23 heavy (non-hydrogen) atoms. The summed E-state index contributed by atoms with van der Waals surface area (Å²) in [7, 11) is 0. The summed E-state index contributed by atoms with van der Waals surface area (Å²) in [5.41, 5.74) is -0.372. The summed E-state index contributed by atoms with van der Waals surface area (Å²) in [6, 6.07) is 5.46. The number of nitriles is 1. The van der Waals surface area contributed by atoms with E-state index in [0.717, 1.165) is 25.6 Å². The minimum atomic E-state index is -4.42. The number of aromatic nitrogens is 3. The van der Waals surface area contributed by atoms with Crippen molar-refractivity contribution in [3.63, 3.8) is 0 Å². The quantitative estimate of drug-likeness (QED) is 0.923. The van der Waals surface area contributed by atoms with E-state index in [1.54, 1.807) is 18.3 Å². The number of rotatable bonds is 2. The van der Waals surface area contributed by atoms with Crippen molar-refractivity contribution in [2.24, 2.45) is 0 Å². The Morgan fingerprint density at radius 1 is 1.35 bits per heavy atom. The SMILES string of the molecule is N#Cc1cccnc1N1CCC[C@@H](c2ncc(C(F)(F)F)[nH]2)C1. The number of hydrogen-bond donors (Lipinski definition) is 1. The number of hydrogen-bond acceptors (Lipinski definition) is 4. The fourth-order valence-corrected chi connectivity index (χ4v) is 2.82. The van der Waals surface area contributed by atoms with E-state index < -0.39 is 11.9 Å². The van der Waals surface area contributed by atoms with Gasteiger partial charge in [-0.1, -0.05) is 0 Å². The van der Waals surface area contributed by atoms with Crippen LogP contribution < -0.4 is 4.90 Å². The summed E-state index contributed by atoms with van der Waals surface area (Å²) in [4.78, 5) is 12.4. The van der Waals surface area contributed by atoms with E-state index >= 15 is 0 Å². The zero-order valence-corrected chi connectivity index (χ0v) is 12.1. The van der Waals surface area contributed by atoms with Crippen LogP contribution in [-0.4, -0.2) is 28.0 Å². The number of aromatic amines is 1. The second-order valence-corrected chi connectivity index (χ2v) is 5.45. The van der Waals surface area contributed by atoms with E-state index in [0.29, 0.717) is 23.8 Å². The van der Waals surface area contributed by atoms with Crippen LogP contribution in [0.2, 0.25) is 0 Å². The highest BCUT2D eigenvalue weighted by atomic mass is 19.4. The normalized spacial score (nSPS) is 18.7. The molecule has 0 bridgehead atoms. The van der Waals surface area contributed by atoms with Crippen molar-refractivity contribution in [1.82, 2.24) is 15.0 Å². The van der Waals surface area contributed by atoms with Gasteiger partial charge in [-0.05, 0) is 25.0 Å². The van der Waals surface area contributed by atoms with Crippen molar-refractivity contribution in [2.75, 3.05) is 18.0 Å². The number of H-pyrrole nitrogens is 1. The molecule has 0 aromatic carbocycles. The second-order valence-electron chi connectivity index (χ2n) is 5.45. The number of alkyl halides is 3. The highest BCUT2D eigenvalue weighted by Crippen LogP contribution is 2.32. The first-order valence-electron chi connectivity index (χ1n) is 7.21. The van der Waals surface area contributed by atoms with Crippen LogP contribution in [0.5, 0.6) is 0 Å². The third kappa shape index (κ3) is 3.13. The Morgan fingerprint density at radius 3 is 2.87 bits per heavy atom. The average Bonchev–Trinajstić information content (AvgIpc) is 3.05. The van der Waals surface area contributed by atoms with Gasteiger partial charge in [0.15, 0.2) is 0 Å². The van der Waals surface area contributed by atoms with E-state index in [1.165, 1.54) is 0 Å². The molecule has 1 aliphatic rings. The summed E-state index contributed by atoms with van der Waals surface area (Å²) >= 11 is 0. The molecule has 1 atom stereocenters. The third-order valence-electron chi connectivity index (χ3n) is 3.92. The lowest BCUT2D eigenvalue weighted by Gasteiger charge is -2.33. The van der Waals surface area contributed by atoms with Crippen LogP contribution in [0.25, 0.3) is 0 Å². The topological polar surface area (TPSA) is 68.6 Å². The number of imidazole rings is 1. The monoisotopic (exact) mass is 321 g/mol. The zero-order valence-electron chi connectivity index (χ0n) is 12.1. The van der Waals surface area contributed by atoms with Gasteiger partial charge in [-0.2, -0.15) is 18.4 Å². The Labute approximate surface area is 130 Å². The first-order chi connectivity index (χ1) is 11.0. The molecule has 1 saturated heterocycles.